The van der Waals surface area contributed by atoms with Gasteiger partial charge in [0.25, 0.3) is 0 Å². The summed E-state index contributed by atoms with van der Waals surface area (Å²) in [5.41, 5.74) is 6.44. The maximum atomic E-state index is 8.74. The van der Waals surface area contributed by atoms with Crippen molar-refractivity contribution >= 4 is 39.2 Å². The maximum Gasteiger partial charge on any atom is 0.394 e. The highest BCUT2D eigenvalue weighted by atomic mass is 127. The van der Waals surface area contributed by atoms with Crippen LogP contribution in [0.15, 0.2) is 30.3 Å². The van der Waals surface area contributed by atoms with E-state index in [1.54, 1.807) is 3.11 Å². The van der Waals surface area contributed by atoms with Gasteiger partial charge in [0.15, 0.2) is 5.96 Å². The Balaban J connectivity index is 0.000000437. The number of guanidine groups is 1. The van der Waals surface area contributed by atoms with E-state index in [-0.39, 0.29) is 5.96 Å². The second-order valence-electron chi connectivity index (χ2n) is 2.84. The van der Waals surface area contributed by atoms with Crippen LogP contribution in [0.1, 0.15) is 5.56 Å². The quantitative estimate of drug-likeness (QED) is 0.202. The number of rotatable bonds is 2. The molecule has 0 aliphatic carbocycles. The lowest BCUT2D eigenvalue weighted by Gasteiger charge is -2.13. The largest absolute Gasteiger partial charge is 0.394 e. The van der Waals surface area contributed by atoms with Crippen LogP contribution in [-0.2, 0) is 16.9 Å². The minimum absolute atomic E-state index is 0.0828. The van der Waals surface area contributed by atoms with Crippen LogP contribution in [0.4, 0.5) is 0 Å². The Hall–Kier alpha value is -0.910. The molecule has 0 bridgehead atoms. The molecule has 17 heavy (non-hydrogen) atoms. The Bertz CT molecular complexity index is 443. The molecule has 0 aromatic heterocycles. The fourth-order valence-corrected chi connectivity index (χ4v) is 1.22. The highest BCUT2D eigenvalue weighted by Gasteiger charge is 2.01. The van der Waals surface area contributed by atoms with E-state index < -0.39 is 10.4 Å². The van der Waals surface area contributed by atoms with Gasteiger partial charge in [-0.05, 0) is 5.56 Å². The molecule has 0 amide bonds. The van der Waals surface area contributed by atoms with Crippen molar-refractivity contribution in [3.05, 3.63) is 35.9 Å². The average molecular weight is 373 g/mol. The average Bonchev–Trinajstić information content (AvgIpc) is 2.16. The minimum atomic E-state index is -4.67. The molecule has 0 saturated heterocycles. The van der Waals surface area contributed by atoms with Crippen molar-refractivity contribution in [3.63, 3.8) is 0 Å². The first kappa shape index (κ1) is 16.1. The number of hydrogen-bond donors (Lipinski definition) is 4. The third-order valence-electron chi connectivity index (χ3n) is 1.43. The van der Waals surface area contributed by atoms with E-state index in [0.29, 0.717) is 6.54 Å². The maximum absolute atomic E-state index is 8.74. The molecule has 1 aromatic rings. The normalized spacial score (nSPS) is 10.1. The monoisotopic (exact) mass is 373 g/mol. The summed E-state index contributed by atoms with van der Waals surface area (Å²) in [5, 5.41) is 7.15. The van der Waals surface area contributed by atoms with Crippen molar-refractivity contribution in [2.45, 2.75) is 6.54 Å². The van der Waals surface area contributed by atoms with Crippen LogP contribution >= 0.6 is 22.9 Å². The van der Waals surface area contributed by atoms with Gasteiger partial charge in [-0.1, -0.05) is 30.3 Å². The summed E-state index contributed by atoms with van der Waals surface area (Å²) in [6.07, 6.45) is 0. The zero-order chi connectivity index (χ0) is 13.5. The summed E-state index contributed by atoms with van der Waals surface area (Å²) >= 11 is 2.02. The van der Waals surface area contributed by atoms with Gasteiger partial charge >= 0.3 is 10.4 Å². The van der Waals surface area contributed by atoms with Crippen LogP contribution in [0.3, 0.4) is 0 Å². The van der Waals surface area contributed by atoms with Crippen molar-refractivity contribution in [1.29, 1.82) is 5.41 Å². The number of halogens is 1. The summed E-state index contributed by atoms with van der Waals surface area (Å²) in [5.74, 6) is 0.0828. The summed E-state index contributed by atoms with van der Waals surface area (Å²) in [7, 11) is -4.67. The van der Waals surface area contributed by atoms with Gasteiger partial charge in [0.05, 0.1) is 29.4 Å². The van der Waals surface area contributed by atoms with Crippen LogP contribution in [0.5, 0.6) is 0 Å². The SMILES string of the molecule is N=C(N)N(I)Cc1ccccc1.O=S(=O)(O)O. The molecule has 0 aliphatic rings. The van der Waals surface area contributed by atoms with E-state index in [2.05, 4.69) is 0 Å². The summed E-state index contributed by atoms with van der Waals surface area (Å²) in [4.78, 5) is 0. The molecule has 0 fully saturated rings. The predicted molar refractivity (Wildman–Crippen MR) is 72.1 cm³/mol. The molecule has 0 heterocycles. The third-order valence-corrected chi connectivity index (χ3v) is 2.29. The van der Waals surface area contributed by atoms with Gasteiger partial charge < -0.3 is 5.73 Å². The Morgan fingerprint density at radius 3 is 2.12 bits per heavy atom. The number of benzene rings is 1. The number of hydrogen-bond acceptors (Lipinski definition) is 3. The molecule has 0 spiro atoms. The lowest BCUT2D eigenvalue weighted by molar-refractivity contribution is 0.381. The topological polar surface area (TPSA) is 128 Å². The Morgan fingerprint density at radius 1 is 1.35 bits per heavy atom. The van der Waals surface area contributed by atoms with Gasteiger partial charge in [-0.3, -0.25) is 17.6 Å². The van der Waals surface area contributed by atoms with Crippen LogP contribution < -0.4 is 5.73 Å². The summed E-state index contributed by atoms with van der Waals surface area (Å²) in [6.45, 7) is 0.677. The first-order chi connectivity index (χ1) is 7.70. The Morgan fingerprint density at radius 2 is 1.76 bits per heavy atom. The van der Waals surface area contributed by atoms with Crippen LogP contribution in [0.2, 0.25) is 0 Å². The first-order valence-corrected chi connectivity index (χ1v) is 6.57. The lowest BCUT2D eigenvalue weighted by Crippen LogP contribution is -2.27. The second kappa shape index (κ2) is 7.42. The fourth-order valence-electron chi connectivity index (χ4n) is 0.829. The van der Waals surface area contributed by atoms with Crippen molar-refractivity contribution in [1.82, 2.24) is 3.11 Å². The van der Waals surface area contributed by atoms with E-state index in [4.69, 9.17) is 28.7 Å². The highest BCUT2D eigenvalue weighted by Crippen LogP contribution is 2.07. The molecule has 0 aliphatic heterocycles. The standard InChI is InChI=1S/C8H10IN3.H2O4S/c9-12(8(10)11)6-7-4-2-1-3-5-7;1-5(2,3)4/h1-5H,6H2,(H3,10,11);(H2,1,2,3,4). The van der Waals surface area contributed by atoms with Crippen molar-refractivity contribution in [3.8, 4) is 0 Å². The molecule has 5 N–H and O–H groups in total. The summed E-state index contributed by atoms with van der Waals surface area (Å²) in [6, 6.07) is 9.93. The van der Waals surface area contributed by atoms with Crippen LogP contribution in [0.25, 0.3) is 0 Å². The molecule has 1 aromatic carbocycles. The van der Waals surface area contributed by atoms with Gasteiger partial charge in [-0.15, -0.1) is 0 Å². The molecule has 0 radical (unpaired) electrons. The smallest absolute Gasteiger partial charge is 0.369 e. The van der Waals surface area contributed by atoms with Crippen LogP contribution in [-0.4, -0.2) is 26.6 Å². The number of nitrogens with one attached hydrogen (secondary N) is 1. The van der Waals surface area contributed by atoms with Crippen molar-refractivity contribution < 1.29 is 17.5 Å². The van der Waals surface area contributed by atoms with Crippen molar-refractivity contribution in [2.75, 3.05) is 0 Å². The third kappa shape index (κ3) is 11.4. The van der Waals surface area contributed by atoms with Gasteiger partial charge in [0.1, 0.15) is 0 Å². The molecular weight excluding hydrogens is 361 g/mol. The number of nitrogens with zero attached hydrogens (tertiary/aromatic N) is 1. The van der Waals surface area contributed by atoms with Gasteiger partial charge in [-0.25, -0.2) is 0 Å². The second-order valence-corrected chi connectivity index (χ2v) is 4.90. The van der Waals surface area contributed by atoms with Crippen molar-refractivity contribution in [2.24, 2.45) is 5.73 Å². The molecule has 96 valence electrons. The molecular formula is C8H12IN3O4S. The number of nitrogens with two attached hydrogens (primary N) is 1. The van der Waals surface area contributed by atoms with E-state index in [0.717, 1.165) is 5.56 Å². The van der Waals surface area contributed by atoms with Crippen LogP contribution in [0, 0.1) is 5.41 Å². The van der Waals surface area contributed by atoms with E-state index in [1.807, 2.05) is 53.2 Å². The fraction of sp³-hybridized carbons (Fsp3) is 0.125. The lowest BCUT2D eigenvalue weighted by atomic mass is 10.2. The van der Waals surface area contributed by atoms with Gasteiger partial charge in [-0.2, -0.15) is 8.42 Å². The zero-order valence-electron chi connectivity index (χ0n) is 8.62. The molecule has 0 atom stereocenters. The van der Waals surface area contributed by atoms with E-state index in [1.165, 1.54) is 0 Å². The summed E-state index contributed by atoms with van der Waals surface area (Å²) < 4.78 is 33.2. The molecule has 1 rings (SSSR count). The highest BCUT2D eigenvalue weighted by molar-refractivity contribution is 14.1. The molecule has 0 saturated carbocycles. The first-order valence-electron chi connectivity index (χ1n) is 4.21. The zero-order valence-corrected chi connectivity index (χ0v) is 11.6. The predicted octanol–water partition coefficient (Wildman–Crippen LogP) is 1.08. The Kier molecular flexibility index (Phi) is 7.03. The Labute approximate surface area is 113 Å². The minimum Gasteiger partial charge on any atom is -0.369 e. The van der Waals surface area contributed by atoms with E-state index >= 15 is 0 Å². The van der Waals surface area contributed by atoms with Gasteiger partial charge in [0.2, 0.25) is 0 Å². The molecule has 0 unspecified atom stereocenters. The molecule has 9 heteroatoms. The van der Waals surface area contributed by atoms with E-state index in [9.17, 15) is 0 Å². The molecule has 7 nitrogen and oxygen atoms in total. The van der Waals surface area contributed by atoms with Gasteiger partial charge in [0, 0.05) is 0 Å².